The monoisotopic (exact) mass is 308 g/mol. The highest BCUT2D eigenvalue weighted by Crippen LogP contribution is 2.26. The number of fused-ring (bicyclic) bond motifs is 1. The molecule has 2 N–H and O–H groups in total. The van der Waals surface area contributed by atoms with Gasteiger partial charge in [-0.2, -0.15) is 4.98 Å². The number of nitrogens with one attached hydrogen (secondary N) is 2. The Labute approximate surface area is 130 Å². The molecule has 5 nitrogen and oxygen atoms in total. The Kier molecular flexibility index (Phi) is 6.20. The van der Waals surface area contributed by atoms with Gasteiger partial charge >= 0.3 is 0 Å². The van der Waals surface area contributed by atoms with Crippen molar-refractivity contribution >= 4 is 33.3 Å². The van der Waals surface area contributed by atoms with Gasteiger partial charge in [0, 0.05) is 19.7 Å². The first-order valence-corrected chi connectivity index (χ1v) is 8.43. The summed E-state index contributed by atoms with van der Waals surface area (Å²) in [6, 6.07) is 2.07. The van der Waals surface area contributed by atoms with Crippen LogP contribution in [0.4, 0.5) is 11.8 Å². The fourth-order valence-corrected chi connectivity index (χ4v) is 2.74. The number of rotatable bonds is 9. The van der Waals surface area contributed by atoms with Crippen molar-refractivity contribution in [1.82, 2.24) is 9.97 Å². The Morgan fingerprint density at radius 1 is 1.24 bits per heavy atom. The summed E-state index contributed by atoms with van der Waals surface area (Å²) in [7, 11) is 0. The molecule has 0 fully saturated rings. The van der Waals surface area contributed by atoms with Crippen molar-refractivity contribution < 1.29 is 4.74 Å². The standard InChI is InChI=1S/C15H24N4OS/c1-4-16-15-18-13(12-7-10-21-14(12)19-15)17-8-5-6-9-20-11(2)3/h7,10-11H,4-6,8-9H2,1-3H3,(H2,16,17,18,19). The topological polar surface area (TPSA) is 59.1 Å². The van der Waals surface area contributed by atoms with Crippen LogP contribution in [0.5, 0.6) is 0 Å². The zero-order valence-corrected chi connectivity index (χ0v) is 13.8. The summed E-state index contributed by atoms with van der Waals surface area (Å²) in [5.74, 6) is 1.61. The average Bonchev–Trinajstić information content (AvgIpc) is 2.91. The van der Waals surface area contributed by atoms with Crippen LogP contribution < -0.4 is 10.6 Å². The second-order valence-electron chi connectivity index (χ2n) is 5.12. The van der Waals surface area contributed by atoms with E-state index in [0.29, 0.717) is 12.1 Å². The van der Waals surface area contributed by atoms with Gasteiger partial charge in [0.1, 0.15) is 10.6 Å². The molecule has 0 saturated carbocycles. The predicted molar refractivity (Wildman–Crippen MR) is 90.4 cm³/mol. The second-order valence-corrected chi connectivity index (χ2v) is 6.01. The van der Waals surface area contributed by atoms with Crippen molar-refractivity contribution in [3.63, 3.8) is 0 Å². The lowest BCUT2D eigenvalue weighted by atomic mass is 10.3. The van der Waals surface area contributed by atoms with Gasteiger partial charge in [-0.3, -0.25) is 0 Å². The van der Waals surface area contributed by atoms with Crippen LogP contribution in [0.1, 0.15) is 33.6 Å². The van der Waals surface area contributed by atoms with Crippen molar-refractivity contribution in [2.75, 3.05) is 30.3 Å². The van der Waals surface area contributed by atoms with Crippen LogP contribution in [0.3, 0.4) is 0 Å². The molecule has 0 atom stereocenters. The van der Waals surface area contributed by atoms with E-state index >= 15 is 0 Å². The van der Waals surface area contributed by atoms with E-state index in [1.165, 1.54) is 0 Å². The van der Waals surface area contributed by atoms with Crippen LogP contribution in [0.15, 0.2) is 11.4 Å². The number of aromatic nitrogens is 2. The maximum atomic E-state index is 5.54. The van der Waals surface area contributed by atoms with Crippen molar-refractivity contribution in [1.29, 1.82) is 0 Å². The average molecular weight is 308 g/mol. The molecule has 0 spiro atoms. The van der Waals surface area contributed by atoms with E-state index < -0.39 is 0 Å². The number of hydrogen-bond acceptors (Lipinski definition) is 6. The Morgan fingerprint density at radius 3 is 2.86 bits per heavy atom. The number of thiophene rings is 1. The molecular weight excluding hydrogens is 284 g/mol. The Hall–Kier alpha value is -1.40. The van der Waals surface area contributed by atoms with E-state index in [1.54, 1.807) is 11.3 Å². The van der Waals surface area contributed by atoms with Crippen LogP contribution in [-0.4, -0.2) is 35.8 Å². The van der Waals surface area contributed by atoms with Gasteiger partial charge in [0.15, 0.2) is 0 Å². The maximum Gasteiger partial charge on any atom is 0.226 e. The van der Waals surface area contributed by atoms with Crippen LogP contribution in [0.25, 0.3) is 10.2 Å². The maximum absolute atomic E-state index is 5.54. The molecule has 0 amide bonds. The van der Waals surface area contributed by atoms with Gasteiger partial charge in [-0.15, -0.1) is 11.3 Å². The largest absolute Gasteiger partial charge is 0.379 e. The van der Waals surface area contributed by atoms with Crippen LogP contribution in [-0.2, 0) is 4.74 Å². The molecule has 0 radical (unpaired) electrons. The first-order valence-electron chi connectivity index (χ1n) is 7.55. The van der Waals surface area contributed by atoms with Gasteiger partial charge in [0.25, 0.3) is 0 Å². The molecule has 0 aliphatic rings. The highest BCUT2D eigenvalue weighted by atomic mass is 32.1. The minimum Gasteiger partial charge on any atom is -0.379 e. The Bertz CT molecular complexity index is 556. The molecule has 6 heteroatoms. The summed E-state index contributed by atoms with van der Waals surface area (Å²) in [5, 5.41) is 9.75. The van der Waals surface area contributed by atoms with E-state index in [-0.39, 0.29) is 0 Å². The van der Waals surface area contributed by atoms with E-state index in [1.807, 2.05) is 6.92 Å². The normalized spacial score (nSPS) is 11.2. The first kappa shape index (κ1) is 16.0. The molecule has 0 aliphatic heterocycles. The minimum absolute atomic E-state index is 0.313. The molecule has 0 bridgehead atoms. The van der Waals surface area contributed by atoms with Gasteiger partial charge < -0.3 is 15.4 Å². The molecule has 0 unspecified atom stereocenters. The molecule has 21 heavy (non-hydrogen) atoms. The minimum atomic E-state index is 0.313. The molecule has 116 valence electrons. The molecule has 0 aromatic carbocycles. The smallest absolute Gasteiger partial charge is 0.226 e. The zero-order valence-electron chi connectivity index (χ0n) is 13.0. The van der Waals surface area contributed by atoms with Crippen molar-refractivity contribution in [2.24, 2.45) is 0 Å². The third-order valence-corrected chi connectivity index (χ3v) is 3.78. The molecular formula is C15H24N4OS. The van der Waals surface area contributed by atoms with Gasteiger partial charge in [-0.05, 0) is 45.1 Å². The van der Waals surface area contributed by atoms with E-state index in [0.717, 1.165) is 48.6 Å². The summed E-state index contributed by atoms with van der Waals surface area (Å²) >= 11 is 1.64. The lowest BCUT2D eigenvalue weighted by Crippen LogP contribution is -2.09. The molecule has 2 aromatic heterocycles. The summed E-state index contributed by atoms with van der Waals surface area (Å²) in [5.41, 5.74) is 0. The number of unbranched alkanes of at least 4 members (excludes halogenated alkanes) is 1. The highest BCUT2D eigenvalue weighted by Gasteiger charge is 2.08. The molecule has 2 rings (SSSR count). The quantitative estimate of drug-likeness (QED) is 0.691. The number of hydrogen-bond donors (Lipinski definition) is 2. The number of anilines is 2. The number of nitrogens with zero attached hydrogens (tertiary/aromatic N) is 2. The molecule has 0 aliphatic carbocycles. The summed E-state index contributed by atoms with van der Waals surface area (Å²) < 4.78 is 5.54. The van der Waals surface area contributed by atoms with Crippen molar-refractivity contribution in [3.05, 3.63) is 11.4 Å². The second kappa shape index (κ2) is 8.14. The highest BCUT2D eigenvalue weighted by molar-refractivity contribution is 7.16. The fourth-order valence-electron chi connectivity index (χ4n) is 1.98. The summed E-state index contributed by atoms with van der Waals surface area (Å²) in [6.45, 7) is 8.71. The van der Waals surface area contributed by atoms with E-state index in [2.05, 4.69) is 45.9 Å². The number of ether oxygens (including phenoxy) is 1. The summed E-state index contributed by atoms with van der Waals surface area (Å²) in [6.07, 6.45) is 2.44. The zero-order chi connectivity index (χ0) is 15.1. The predicted octanol–water partition coefficient (Wildman–Crippen LogP) is 3.74. The van der Waals surface area contributed by atoms with Crippen LogP contribution >= 0.6 is 11.3 Å². The first-order chi connectivity index (χ1) is 10.2. The molecule has 2 heterocycles. The third-order valence-electron chi connectivity index (χ3n) is 2.97. The van der Waals surface area contributed by atoms with Crippen LogP contribution in [0.2, 0.25) is 0 Å². The van der Waals surface area contributed by atoms with E-state index in [9.17, 15) is 0 Å². The lowest BCUT2D eigenvalue weighted by molar-refractivity contribution is 0.0765. The lowest BCUT2D eigenvalue weighted by Gasteiger charge is -2.10. The van der Waals surface area contributed by atoms with E-state index in [4.69, 9.17) is 4.74 Å². The summed E-state index contributed by atoms with van der Waals surface area (Å²) in [4.78, 5) is 10.1. The van der Waals surface area contributed by atoms with Gasteiger partial charge in [0.2, 0.25) is 5.95 Å². The SMILES string of the molecule is CCNc1nc(NCCCCOC(C)C)c2ccsc2n1. The van der Waals surface area contributed by atoms with Gasteiger partial charge in [-0.25, -0.2) is 4.98 Å². The van der Waals surface area contributed by atoms with Crippen molar-refractivity contribution in [3.8, 4) is 0 Å². The fraction of sp³-hybridized carbons (Fsp3) is 0.600. The van der Waals surface area contributed by atoms with Crippen LogP contribution in [0, 0.1) is 0 Å². The molecule has 2 aromatic rings. The van der Waals surface area contributed by atoms with Gasteiger partial charge in [0.05, 0.1) is 11.5 Å². The van der Waals surface area contributed by atoms with Gasteiger partial charge in [-0.1, -0.05) is 0 Å². The molecule has 0 saturated heterocycles. The Morgan fingerprint density at radius 2 is 2.10 bits per heavy atom. The van der Waals surface area contributed by atoms with Crippen molar-refractivity contribution in [2.45, 2.75) is 39.7 Å². The third kappa shape index (κ3) is 4.82. The Balaban J connectivity index is 1.89.